The minimum atomic E-state index is -0.291. The summed E-state index contributed by atoms with van der Waals surface area (Å²) < 4.78 is 4.90. The molecule has 2 amide bonds. The zero-order valence-corrected chi connectivity index (χ0v) is 16.1. The molecule has 0 N–H and O–H groups in total. The van der Waals surface area contributed by atoms with Crippen LogP contribution in [0.15, 0.2) is 30.3 Å². The maximum absolute atomic E-state index is 12.4. The smallest absolute Gasteiger partial charge is 0.307 e. The third-order valence-corrected chi connectivity index (χ3v) is 4.04. The number of hydrogen-bond donors (Lipinski definition) is 0. The van der Waals surface area contributed by atoms with Crippen LogP contribution in [0.5, 0.6) is 0 Å². The average Bonchev–Trinajstić information content (AvgIpc) is 2.65. The second-order valence-electron chi connectivity index (χ2n) is 6.08. The first-order valence-electron chi connectivity index (χ1n) is 9.24. The molecule has 0 radical (unpaired) electrons. The van der Waals surface area contributed by atoms with Gasteiger partial charge in [-0.05, 0) is 31.9 Å². The number of ether oxygens (including phenoxy) is 1. The summed E-state index contributed by atoms with van der Waals surface area (Å²) in [6.07, 6.45) is 2.14. The zero-order valence-electron chi connectivity index (χ0n) is 16.1. The lowest BCUT2D eigenvalue weighted by Gasteiger charge is -2.22. The van der Waals surface area contributed by atoms with Gasteiger partial charge in [0.05, 0.1) is 13.0 Å². The Hall–Kier alpha value is -2.37. The largest absolute Gasteiger partial charge is 0.466 e. The molecule has 0 fully saturated rings. The predicted octanol–water partition coefficient (Wildman–Crippen LogP) is 3.01. The van der Waals surface area contributed by atoms with Crippen LogP contribution in [0, 0.1) is 0 Å². The van der Waals surface area contributed by atoms with Crippen molar-refractivity contribution in [3.05, 3.63) is 30.3 Å². The summed E-state index contributed by atoms with van der Waals surface area (Å²) in [5.41, 5.74) is 0.839. The quantitative estimate of drug-likeness (QED) is 0.568. The van der Waals surface area contributed by atoms with E-state index in [4.69, 9.17) is 4.74 Å². The molecule has 1 aromatic rings. The topological polar surface area (TPSA) is 66.9 Å². The lowest BCUT2D eigenvalue weighted by Crippen LogP contribution is -2.34. The number of hydrogen-bond acceptors (Lipinski definition) is 4. The number of carbonyl (C=O) groups excluding carboxylic acids is 3. The lowest BCUT2D eigenvalue weighted by molar-refractivity contribution is -0.144. The minimum absolute atomic E-state index is 0.0161. The highest BCUT2D eigenvalue weighted by Gasteiger charge is 2.16. The van der Waals surface area contributed by atoms with Crippen LogP contribution in [0.1, 0.15) is 46.0 Å². The molecular weight excluding hydrogens is 332 g/mol. The summed E-state index contributed by atoms with van der Waals surface area (Å²) in [6.45, 7) is 5.07. The van der Waals surface area contributed by atoms with Crippen molar-refractivity contribution in [3.8, 4) is 0 Å². The van der Waals surface area contributed by atoms with Gasteiger partial charge in [-0.3, -0.25) is 14.4 Å². The molecule has 1 rings (SSSR count). The van der Waals surface area contributed by atoms with Gasteiger partial charge >= 0.3 is 5.97 Å². The van der Waals surface area contributed by atoms with E-state index in [1.165, 1.54) is 0 Å². The third kappa shape index (κ3) is 7.68. The summed E-state index contributed by atoms with van der Waals surface area (Å²) in [7, 11) is 1.74. The van der Waals surface area contributed by atoms with Gasteiger partial charge in [0, 0.05) is 38.7 Å². The maximum Gasteiger partial charge on any atom is 0.307 e. The van der Waals surface area contributed by atoms with Crippen molar-refractivity contribution in [1.29, 1.82) is 0 Å². The van der Waals surface area contributed by atoms with Crippen LogP contribution < -0.4 is 4.90 Å². The molecule has 144 valence electrons. The van der Waals surface area contributed by atoms with Crippen molar-refractivity contribution < 1.29 is 19.1 Å². The van der Waals surface area contributed by atoms with Gasteiger partial charge in [0.1, 0.15) is 0 Å². The Kier molecular flexibility index (Phi) is 10.1. The first-order chi connectivity index (χ1) is 12.5. The van der Waals surface area contributed by atoms with E-state index in [-0.39, 0.29) is 24.2 Å². The Bertz CT molecular complexity index is 574. The molecule has 6 heteroatoms. The van der Waals surface area contributed by atoms with Gasteiger partial charge in [-0.1, -0.05) is 25.1 Å². The first-order valence-corrected chi connectivity index (χ1v) is 9.24. The monoisotopic (exact) mass is 362 g/mol. The van der Waals surface area contributed by atoms with Gasteiger partial charge in [0.25, 0.3) is 0 Å². The Morgan fingerprint density at radius 2 is 1.58 bits per heavy atom. The molecule has 0 aliphatic heterocycles. The Morgan fingerprint density at radius 3 is 2.19 bits per heavy atom. The molecule has 0 bridgehead atoms. The molecule has 6 nitrogen and oxygen atoms in total. The minimum Gasteiger partial charge on any atom is -0.466 e. The maximum atomic E-state index is 12.4. The molecule has 0 unspecified atom stereocenters. The molecule has 26 heavy (non-hydrogen) atoms. The molecule has 0 aliphatic rings. The number of para-hydroxylation sites is 1. The normalized spacial score (nSPS) is 10.3. The number of anilines is 1. The van der Waals surface area contributed by atoms with Gasteiger partial charge in [0.15, 0.2) is 0 Å². The van der Waals surface area contributed by atoms with Crippen molar-refractivity contribution in [3.63, 3.8) is 0 Å². The van der Waals surface area contributed by atoms with Crippen molar-refractivity contribution >= 4 is 23.5 Å². The van der Waals surface area contributed by atoms with E-state index >= 15 is 0 Å². The molecule has 0 saturated carbocycles. The molecule has 0 saturated heterocycles. The van der Waals surface area contributed by atoms with Gasteiger partial charge in [-0.15, -0.1) is 0 Å². The number of amides is 2. The predicted molar refractivity (Wildman–Crippen MR) is 102 cm³/mol. The molecule has 0 heterocycles. The van der Waals surface area contributed by atoms with E-state index in [2.05, 4.69) is 0 Å². The summed E-state index contributed by atoms with van der Waals surface area (Å²) in [6, 6.07) is 9.42. The van der Waals surface area contributed by atoms with Crippen LogP contribution in [0.25, 0.3) is 0 Å². The summed E-state index contributed by atoms with van der Waals surface area (Å²) in [5.74, 6) is -0.329. The Morgan fingerprint density at radius 1 is 0.923 bits per heavy atom. The van der Waals surface area contributed by atoms with Gasteiger partial charge in [-0.2, -0.15) is 0 Å². The first kappa shape index (κ1) is 21.7. The lowest BCUT2D eigenvalue weighted by atomic mass is 10.2. The highest BCUT2D eigenvalue weighted by Crippen LogP contribution is 2.13. The van der Waals surface area contributed by atoms with Crippen LogP contribution >= 0.6 is 0 Å². The van der Waals surface area contributed by atoms with Crippen LogP contribution in [0.3, 0.4) is 0 Å². The van der Waals surface area contributed by atoms with Gasteiger partial charge in [0.2, 0.25) is 11.8 Å². The fourth-order valence-electron chi connectivity index (χ4n) is 2.60. The third-order valence-electron chi connectivity index (χ3n) is 4.04. The summed E-state index contributed by atoms with van der Waals surface area (Å²) in [5, 5.41) is 0. The Balaban J connectivity index is 2.41. The van der Waals surface area contributed by atoms with E-state index in [0.29, 0.717) is 39.0 Å². The van der Waals surface area contributed by atoms with Crippen molar-refractivity contribution in [2.24, 2.45) is 0 Å². The summed E-state index contributed by atoms with van der Waals surface area (Å²) >= 11 is 0. The SMILES string of the molecule is CCCN(CCC(=O)OCC)C(=O)CCCC(=O)N(C)c1ccccc1. The van der Waals surface area contributed by atoms with Gasteiger partial charge in [-0.25, -0.2) is 0 Å². The molecule has 1 aromatic carbocycles. The molecule has 0 atom stereocenters. The molecule has 0 spiro atoms. The van der Waals surface area contributed by atoms with Crippen LogP contribution in [-0.2, 0) is 19.1 Å². The van der Waals surface area contributed by atoms with Crippen molar-refractivity contribution in [1.82, 2.24) is 4.90 Å². The number of benzene rings is 1. The van der Waals surface area contributed by atoms with E-state index in [1.54, 1.807) is 23.8 Å². The molecular formula is C20H30N2O4. The van der Waals surface area contributed by atoms with Crippen LogP contribution in [0.4, 0.5) is 5.69 Å². The van der Waals surface area contributed by atoms with Gasteiger partial charge < -0.3 is 14.5 Å². The van der Waals surface area contributed by atoms with E-state index in [0.717, 1.165) is 12.1 Å². The fourth-order valence-corrected chi connectivity index (χ4v) is 2.60. The van der Waals surface area contributed by atoms with Crippen LogP contribution in [0.2, 0.25) is 0 Å². The fraction of sp³-hybridized carbons (Fsp3) is 0.550. The highest BCUT2D eigenvalue weighted by molar-refractivity contribution is 5.93. The number of carbonyl (C=O) groups is 3. The summed E-state index contributed by atoms with van der Waals surface area (Å²) in [4.78, 5) is 39.4. The number of rotatable bonds is 11. The average molecular weight is 362 g/mol. The molecule has 0 aliphatic carbocycles. The number of nitrogens with zero attached hydrogens (tertiary/aromatic N) is 2. The molecule has 0 aromatic heterocycles. The van der Waals surface area contributed by atoms with Crippen LogP contribution in [-0.4, -0.2) is 49.4 Å². The van der Waals surface area contributed by atoms with Crippen molar-refractivity contribution in [2.75, 3.05) is 31.6 Å². The van der Waals surface area contributed by atoms with E-state index in [1.807, 2.05) is 37.3 Å². The second kappa shape index (κ2) is 12.1. The zero-order chi connectivity index (χ0) is 19.4. The second-order valence-corrected chi connectivity index (χ2v) is 6.08. The van der Waals surface area contributed by atoms with E-state index < -0.39 is 0 Å². The standard InChI is InChI=1S/C20H30N2O4/c1-4-15-22(16-14-20(25)26-5-2)19(24)13-9-12-18(23)21(3)17-10-7-6-8-11-17/h6-8,10-11H,4-5,9,12-16H2,1-3H3. The van der Waals surface area contributed by atoms with E-state index in [9.17, 15) is 14.4 Å². The highest BCUT2D eigenvalue weighted by atomic mass is 16.5. The number of esters is 1. The van der Waals surface area contributed by atoms with Crippen molar-refractivity contribution in [2.45, 2.75) is 46.0 Å². The Labute approximate surface area is 156 Å².